The Hall–Kier alpha value is -3.96. The molecule has 2 N–H and O–H groups in total. The molecule has 40 heavy (non-hydrogen) atoms. The molecule has 1 aromatic heterocycles. The molecule has 210 valence electrons. The average molecular weight is 596 g/mol. The van der Waals surface area contributed by atoms with Crippen molar-refractivity contribution < 1.29 is 37.3 Å². The van der Waals surface area contributed by atoms with Crippen molar-refractivity contribution in [3.63, 3.8) is 0 Å². The molecule has 0 fully saturated rings. The zero-order valence-corrected chi connectivity index (χ0v) is 22.3. The number of allylic oxidation sites excluding steroid dienone is 4. The maximum Gasteiger partial charge on any atom is 0.420 e. The zero-order valence-electron chi connectivity index (χ0n) is 20.8. The summed E-state index contributed by atoms with van der Waals surface area (Å²) in [6, 6.07) is 9.56. The van der Waals surface area contributed by atoms with Gasteiger partial charge in [0.25, 0.3) is 5.91 Å². The molecule has 1 atom stereocenters. The molecule has 0 bridgehead atoms. The van der Waals surface area contributed by atoms with Crippen LogP contribution in [-0.4, -0.2) is 45.8 Å². The van der Waals surface area contributed by atoms with E-state index in [2.05, 4.69) is 10.4 Å². The first-order chi connectivity index (χ1) is 18.9. The number of halogens is 5. The van der Waals surface area contributed by atoms with Gasteiger partial charge in [0.15, 0.2) is 0 Å². The summed E-state index contributed by atoms with van der Waals surface area (Å²) in [6.45, 7) is -0.242. The van der Waals surface area contributed by atoms with Gasteiger partial charge in [0.05, 0.1) is 35.7 Å². The Morgan fingerprint density at radius 1 is 1.20 bits per heavy atom. The summed E-state index contributed by atoms with van der Waals surface area (Å²) in [5.41, 5.74) is -0.0712. The van der Waals surface area contributed by atoms with E-state index in [1.165, 1.54) is 11.8 Å². The van der Waals surface area contributed by atoms with Crippen molar-refractivity contribution in [2.45, 2.75) is 24.4 Å². The lowest BCUT2D eigenvalue weighted by Crippen LogP contribution is -2.26. The molecule has 0 saturated heterocycles. The van der Waals surface area contributed by atoms with Crippen molar-refractivity contribution in [2.75, 3.05) is 13.7 Å². The molecule has 8 nitrogen and oxygen atoms in total. The van der Waals surface area contributed by atoms with Gasteiger partial charge in [-0.15, -0.1) is 16.7 Å². The van der Waals surface area contributed by atoms with Crippen LogP contribution < -0.4 is 14.8 Å². The summed E-state index contributed by atoms with van der Waals surface area (Å²) in [4.78, 5) is 23.0. The summed E-state index contributed by atoms with van der Waals surface area (Å²) in [5.74, 6) is -2.17. The highest BCUT2D eigenvalue weighted by molar-refractivity contribution is 6.32. The molecular weight excluding hydrogens is 574 g/mol. The van der Waals surface area contributed by atoms with Crippen LogP contribution in [0.25, 0.3) is 16.8 Å². The smallest absolute Gasteiger partial charge is 0.420 e. The van der Waals surface area contributed by atoms with Crippen LogP contribution >= 0.6 is 23.2 Å². The number of carbonyl (C=O) groups excluding carboxylic acids is 1. The number of nitrogens with one attached hydrogen (secondary N) is 1. The standard InChI is InChI=1S/C27H22Cl2F3N3O5/c1-39-20-5-2-15(3-6-20)21-14-35(19-12-17(28)11-18(29)13-19)34-26(21)40-23-7-4-16(10-22(23)27(30,31)32)25(38)33-9-8-24(36)37/h2-7,10,12-14,17H,8-9,11H2,1H3,(H,33,38)(H,36,37). The van der Waals surface area contributed by atoms with Gasteiger partial charge in [-0.05, 0) is 48.0 Å². The van der Waals surface area contributed by atoms with Gasteiger partial charge in [0.2, 0.25) is 5.88 Å². The molecule has 4 rings (SSSR count). The lowest BCUT2D eigenvalue weighted by molar-refractivity contribution is -0.139. The Morgan fingerprint density at radius 3 is 2.55 bits per heavy atom. The van der Waals surface area contributed by atoms with Gasteiger partial charge in [-0.3, -0.25) is 9.59 Å². The van der Waals surface area contributed by atoms with Crippen LogP contribution in [0.15, 0.2) is 65.8 Å². The van der Waals surface area contributed by atoms with Crippen molar-refractivity contribution in [3.8, 4) is 28.5 Å². The number of amides is 1. The largest absolute Gasteiger partial charge is 0.497 e. The average Bonchev–Trinajstić information content (AvgIpc) is 3.31. The third kappa shape index (κ3) is 6.97. The number of hydrogen-bond acceptors (Lipinski definition) is 5. The van der Waals surface area contributed by atoms with E-state index in [1.54, 1.807) is 42.6 Å². The molecule has 0 radical (unpaired) electrons. The van der Waals surface area contributed by atoms with Crippen LogP contribution in [0.3, 0.4) is 0 Å². The van der Waals surface area contributed by atoms with Crippen LogP contribution in [0.2, 0.25) is 0 Å². The van der Waals surface area contributed by atoms with Gasteiger partial charge in [-0.1, -0.05) is 23.7 Å². The number of hydrogen-bond donors (Lipinski definition) is 2. The molecule has 1 aliphatic carbocycles. The lowest BCUT2D eigenvalue weighted by atomic mass is 10.1. The Morgan fingerprint density at radius 2 is 1.93 bits per heavy atom. The minimum atomic E-state index is -4.89. The van der Waals surface area contributed by atoms with Crippen LogP contribution in [-0.2, 0) is 11.0 Å². The van der Waals surface area contributed by atoms with E-state index in [0.717, 1.165) is 12.1 Å². The maximum atomic E-state index is 14.1. The molecule has 0 spiro atoms. The van der Waals surface area contributed by atoms with Crippen LogP contribution in [0.1, 0.15) is 28.8 Å². The number of rotatable bonds is 9. The second-order valence-corrected chi connectivity index (χ2v) is 9.68. The lowest BCUT2D eigenvalue weighted by Gasteiger charge is -2.15. The second-order valence-electron chi connectivity index (χ2n) is 8.63. The first-order valence-corrected chi connectivity index (χ1v) is 12.6. The highest BCUT2D eigenvalue weighted by Gasteiger charge is 2.36. The molecule has 1 amide bonds. The number of alkyl halides is 4. The van der Waals surface area contributed by atoms with E-state index < -0.39 is 34.7 Å². The molecule has 2 aromatic carbocycles. The number of nitrogens with zero attached hydrogens (tertiary/aromatic N) is 2. The summed E-state index contributed by atoms with van der Waals surface area (Å²) in [7, 11) is 1.50. The number of carboxylic acid groups (broad SMARTS) is 1. The Kier molecular flexibility index (Phi) is 8.75. The molecule has 3 aromatic rings. The summed E-state index contributed by atoms with van der Waals surface area (Å²) < 4.78 is 54.5. The number of carboxylic acids is 1. The Labute approximate surface area is 236 Å². The van der Waals surface area contributed by atoms with Crippen molar-refractivity contribution in [2.24, 2.45) is 0 Å². The molecule has 1 aliphatic rings. The monoisotopic (exact) mass is 595 g/mol. The molecule has 13 heteroatoms. The molecule has 0 saturated carbocycles. The van der Waals surface area contributed by atoms with E-state index in [-0.39, 0.29) is 24.4 Å². The minimum Gasteiger partial charge on any atom is -0.497 e. The van der Waals surface area contributed by atoms with Gasteiger partial charge in [0.1, 0.15) is 11.5 Å². The van der Waals surface area contributed by atoms with Gasteiger partial charge < -0.3 is 19.9 Å². The zero-order chi connectivity index (χ0) is 29.0. The molecule has 1 heterocycles. The summed E-state index contributed by atoms with van der Waals surface area (Å²) in [6.07, 6.45) is 0.0966. The summed E-state index contributed by atoms with van der Waals surface area (Å²) >= 11 is 12.5. The van der Waals surface area contributed by atoms with Gasteiger partial charge in [-0.2, -0.15) is 13.2 Å². The van der Waals surface area contributed by atoms with Crippen LogP contribution in [0, 0.1) is 0 Å². The number of ether oxygens (including phenoxy) is 2. The van der Waals surface area contributed by atoms with Crippen molar-refractivity contribution in [1.29, 1.82) is 0 Å². The van der Waals surface area contributed by atoms with Crippen molar-refractivity contribution in [3.05, 3.63) is 77.0 Å². The van der Waals surface area contributed by atoms with Crippen molar-refractivity contribution in [1.82, 2.24) is 15.1 Å². The fourth-order valence-electron chi connectivity index (χ4n) is 3.85. The van der Waals surface area contributed by atoms with Gasteiger partial charge >= 0.3 is 12.1 Å². The van der Waals surface area contributed by atoms with Crippen LogP contribution in [0.4, 0.5) is 13.2 Å². The van der Waals surface area contributed by atoms with Gasteiger partial charge in [0, 0.05) is 29.8 Å². The predicted molar refractivity (Wildman–Crippen MR) is 143 cm³/mol. The van der Waals surface area contributed by atoms with E-state index in [0.29, 0.717) is 40.1 Å². The Bertz CT molecular complexity index is 1480. The molecular formula is C27H22Cl2F3N3O5. The fraction of sp³-hybridized carbons (Fsp3) is 0.222. The third-order valence-corrected chi connectivity index (χ3v) is 6.31. The number of methoxy groups -OCH3 is 1. The first-order valence-electron chi connectivity index (χ1n) is 11.8. The maximum absolute atomic E-state index is 14.1. The highest BCUT2D eigenvalue weighted by Crippen LogP contribution is 2.41. The van der Waals surface area contributed by atoms with E-state index in [9.17, 15) is 22.8 Å². The van der Waals surface area contributed by atoms with E-state index in [4.69, 9.17) is 37.8 Å². The van der Waals surface area contributed by atoms with Gasteiger partial charge in [-0.25, -0.2) is 4.68 Å². The summed E-state index contributed by atoms with van der Waals surface area (Å²) in [5, 5.41) is 15.5. The fourth-order valence-corrected chi connectivity index (χ4v) is 4.50. The molecule has 1 unspecified atom stereocenters. The second kappa shape index (κ2) is 12.1. The number of benzene rings is 2. The van der Waals surface area contributed by atoms with Crippen molar-refractivity contribution >= 4 is 40.8 Å². The number of aromatic nitrogens is 2. The number of aliphatic carboxylic acids is 1. The van der Waals surface area contributed by atoms with Crippen LogP contribution in [0.5, 0.6) is 17.4 Å². The normalized spacial score (nSPS) is 15.2. The first kappa shape index (κ1) is 29.0. The highest BCUT2D eigenvalue weighted by atomic mass is 35.5. The quantitative estimate of drug-likeness (QED) is 0.272. The third-order valence-electron chi connectivity index (χ3n) is 5.77. The van der Waals surface area contributed by atoms with E-state index >= 15 is 0 Å². The topological polar surface area (TPSA) is 103 Å². The Balaban J connectivity index is 1.74. The number of carbonyl (C=O) groups is 2. The SMILES string of the molecule is COc1ccc(-c2cn(C3=CC(Cl)CC(Cl)=C3)nc2Oc2ccc(C(=O)NCCC(=O)O)cc2C(F)(F)F)cc1. The predicted octanol–water partition coefficient (Wildman–Crippen LogP) is 6.55. The molecule has 0 aliphatic heterocycles. The van der Waals surface area contributed by atoms with E-state index in [1.807, 2.05) is 0 Å². The minimum absolute atomic E-state index is 0.142.